The zero-order chi connectivity index (χ0) is 21.5. The summed E-state index contributed by atoms with van der Waals surface area (Å²) in [7, 11) is 0. The monoisotopic (exact) mass is 418 g/mol. The average molecular weight is 418 g/mol. The molecule has 0 radical (unpaired) electrons. The van der Waals surface area contributed by atoms with Crippen LogP contribution in [0, 0.1) is 0 Å². The van der Waals surface area contributed by atoms with E-state index in [4.69, 9.17) is 5.73 Å². The van der Waals surface area contributed by atoms with Crippen LogP contribution in [0.3, 0.4) is 0 Å². The minimum Gasteiger partial charge on any atom is -0.381 e. The Labute approximate surface area is 181 Å². The summed E-state index contributed by atoms with van der Waals surface area (Å²) in [6, 6.07) is 12.0. The predicted molar refractivity (Wildman–Crippen MR) is 116 cm³/mol. The van der Waals surface area contributed by atoms with Crippen LogP contribution in [0.25, 0.3) is 0 Å². The topological polar surface area (TPSA) is 105 Å². The molecule has 2 atom stereocenters. The van der Waals surface area contributed by atoms with Crippen molar-refractivity contribution in [3.63, 3.8) is 0 Å². The average Bonchev–Trinajstić information content (AvgIpc) is 3.08. The van der Waals surface area contributed by atoms with Gasteiger partial charge in [-0.15, -0.1) is 0 Å². The van der Waals surface area contributed by atoms with Gasteiger partial charge in [0.05, 0.1) is 0 Å². The van der Waals surface area contributed by atoms with Crippen molar-refractivity contribution in [1.29, 1.82) is 0 Å². The van der Waals surface area contributed by atoms with Gasteiger partial charge in [-0.25, -0.2) is 0 Å². The van der Waals surface area contributed by atoms with Crippen molar-refractivity contribution in [1.82, 2.24) is 10.2 Å². The van der Waals surface area contributed by atoms with E-state index >= 15 is 0 Å². The zero-order valence-electron chi connectivity index (χ0n) is 17.3. The fourth-order valence-electron chi connectivity index (χ4n) is 4.84. The molecule has 0 aromatic heterocycles. The van der Waals surface area contributed by atoms with Gasteiger partial charge < -0.3 is 16.0 Å². The molecular weight excluding hydrogens is 392 g/mol. The maximum absolute atomic E-state index is 12.8. The van der Waals surface area contributed by atoms with Crippen LogP contribution in [0.15, 0.2) is 36.4 Å². The molecule has 1 saturated heterocycles. The van der Waals surface area contributed by atoms with Gasteiger partial charge in [0.25, 0.3) is 5.91 Å². The van der Waals surface area contributed by atoms with Crippen molar-refractivity contribution in [2.24, 2.45) is 5.73 Å². The van der Waals surface area contributed by atoms with Crippen LogP contribution in [-0.4, -0.2) is 34.7 Å². The molecular formula is C24H26N4O3. The molecule has 3 amide bonds. The van der Waals surface area contributed by atoms with Crippen molar-refractivity contribution in [3.8, 4) is 0 Å². The van der Waals surface area contributed by atoms with Gasteiger partial charge in [-0.05, 0) is 66.1 Å². The second kappa shape index (κ2) is 7.81. The minimum atomic E-state index is -0.581. The first-order chi connectivity index (χ1) is 15.0. The number of aryl methyl sites for hydroxylation is 1. The Balaban J connectivity index is 1.26. The number of amides is 3. The number of nitrogens with zero attached hydrogens (tertiary/aromatic N) is 1. The van der Waals surface area contributed by atoms with E-state index in [9.17, 15) is 14.4 Å². The quantitative estimate of drug-likeness (QED) is 0.658. The summed E-state index contributed by atoms with van der Waals surface area (Å²) in [6.45, 7) is 1.05. The Morgan fingerprint density at radius 3 is 2.71 bits per heavy atom. The molecule has 0 spiro atoms. The van der Waals surface area contributed by atoms with Gasteiger partial charge in [0.1, 0.15) is 6.04 Å². The van der Waals surface area contributed by atoms with Gasteiger partial charge >= 0.3 is 0 Å². The molecule has 2 aromatic carbocycles. The van der Waals surface area contributed by atoms with Crippen LogP contribution in [0.1, 0.15) is 51.9 Å². The lowest BCUT2D eigenvalue weighted by atomic mass is 9.88. The molecule has 5 rings (SSSR count). The lowest BCUT2D eigenvalue weighted by molar-refractivity contribution is -0.136. The normalized spacial score (nSPS) is 22.7. The molecule has 2 unspecified atom stereocenters. The second-order valence-electron chi connectivity index (χ2n) is 8.73. The highest BCUT2D eigenvalue weighted by molar-refractivity contribution is 6.05. The van der Waals surface area contributed by atoms with E-state index in [1.165, 1.54) is 11.1 Å². The summed E-state index contributed by atoms with van der Waals surface area (Å²) in [5.41, 5.74) is 12.5. The smallest absolute Gasteiger partial charge is 0.255 e. The summed E-state index contributed by atoms with van der Waals surface area (Å²) in [5.74, 6) is -0.798. The molecule has 1 aliphatic carbocycles. The fourth-order valence-corrected chi connectivity index (χ4v) is 4.84. The van der Waals surface area contributed by atoms with Crippen LogP contribution >= 0.6 is 0 Å². The predicted octanol–water partition coefficient (Wildman–Crippen LogP) is 1.88. The number of nitrogens with two attached hydrogens (primary N) is 1. The first-order valence-electron chi connectivity index (χ1n) is 10.9. The number of hydrogen-bond acceptors (Lipinski definition) is 5. The fraction of sp³-hybridized carbons (Fsp3) is 0.375. The van der Waals surface area contributed by atoms with E-state index in [2.05, 4.69) is 28.8 Å². The first-order valence-corrected chi connectivity index (χ1v) is 10.9. The molecule has 1 fully saturated rings. The Morgan fingerprint density at radius 2 is 1.87 bits per heavy atom. The summed E-state index contributed by atoms with van der Waals surface area (Å²) < 4.78 is 0. The SMILES string of the molecule is NC1CCc2cc(NCc3ccc4c(c3)CN(C3CCC(=O)NC3=O)C4=O)ccc2C1. The summed E-state index contributed by atoms with van der Waals surface area (Å²) in [4.78, 5) is 38.0. The van der Waals surface area contributed by atoms with E-state index in [0.717, 1.165) is 36.1 Å². The van der Waals surface area contributed by atoms with Crippen molar-refractivity contribution < 1.29 is 14.4 Å². The molecule has 7 nitrogen and oxygen atoms in total. The third kappa shape index (κ3) is 3.81. The highest BCUT2D eigenvalue weighted by Gasteiger charge is 2.39. The molecule has 2 aromatic rings. The number of piperidine rings is 1. The van der Waals surface area contributed by atoms with E-state index in [1.54, 1.807) is 4.90 Å². The van der Waals surface area contributed by atoms with Crippen LogP contribution in [-0.2, 0) is 35.5 Å². The number of anilines is 1. The van der Waals surface area contributed by atoms with Gasteiger partial charge in [-0.2, -0.15) is 0 Å². The Kier molecular flexibility index (Phi) is 4.98. The van der Waals surface area contributed by atoms with Crippen molar-refractivity contribution >= 4 is 23.4 Å². The highest BCUT2D eigenvalue weighted by Crippen LogP contribution is 2.29. The van der Waals surface area contributed by atoms with E-state index in [-0.39, 0.29) is 30.2 Å². The standard InChI is InChI=1S/C24H26N4O3/c25-18-4-2-16-11-19(5-3-15(16)10-18)26-12-14-1-6-20-17(9-14)13-28(24(20)31)21-7-8-22(29)27-23(21)30/h1,3,5-6,9,11,18,21,26H,2,4,7-8,10,12-13,25H2,(H,27,29,30). The maximum atomic E-state index is 12.8. The lowest BCUT2D eigenvalue weighted by Crippen LogP contribution is -2.52. The molecule has 3 aliphatic rings. The van der Waals surface area contributed by atoms with Gasteiger partial charge in [0.15, 0.2) is 0 Å². The van der Waals surface area contributed by atoms with E-state index < -0.39 is 6.04 Å². The first kappa shape index (κ1) is 19.8. The molecule has 2 heterocycles. The van der Waals surface area contributed by atoms with E-state index in [0.29, 0.717) is 25.1 Å². The largest absolute Gasteiger partial charge is 0.381 e. The number of rotatable bonds is 4. The third-order valence-electron chi connectivity index (χ3n) is 6.56. The number of nitrogens with one attached hydrogen (secondary N) is 2. The van der Waals surface area contributed by atoms with Crippen LogP contribution in [0.2, 0.25) is 0 Å². The Morgan fingerprint density at radius 1 is 1.00 bits per heavy atom. The van der Waals surface area contributed by atoms with E-state index in [1.807, 2.05) is 18.2 Å². The Bertz CT molecular complexity index is 1080. The number of imide groups is 1. The van der Waals surface area contributed by atoms with Gasteiger partial charge in [-0.3, -0.25) is 19.7 Å². The van der Waals surface area contributed by atoms with Gasteiger partial charge in [0.2, 0.25) is 11.8 Å². The number of carbonyl (C=O) groups excluding carboxylic acids is 3. The van der Waals surface area contributed by atoms with Crippen molar-refractivity contribution in [2.45, 2.75) is 57.3 Å². The summed E-state index contributed by atoms with van der Waals surface area (Å²) in [6.07, 6.45) is 3.63. The number of fused-ring (bicyclic) bond motifs is 2. The lowest BCUT2D eigenvalue weighted by Gasteiger charge is -2.29. The van der Waals surface area contributed by atoms with Crippen molar-refractivity contribution in [3.05, 3.63) is 64.2 Å². The molecule has 2 aliphatic heterocycles. The van der Waals surface area contributed by atoms with Crippen LogP contribution in [0.4, 0.5) is 5.69 Å². The summed E-state index contributed by atoms with van der Waals surface area (Å²) in [5, 5.41) is 5.82. The van der Waals surface area contributed by atoms with Crippen molar-refractivity contribution in [2.75, 3.05) is 5.32 Å². The summed E-state index contributed by atoms with van der Waals surface area (Å²) >= 11 is 0. The van der Waals surface area contributed by atoms with Crippen LogP contribution < -0.4 is 16.4 Å². The number of carbonyl (C=O) groups is 3. The molecule has 4 N–H and O–H groups in total. The van der Waals surface area contributed by atoms with Crippen LogP contribution in [0.5, 0.6) is 0 Å². The third-order valence-corrected chi connectivity index (χ3v) is 6.56. The minimum absolute atomic E-state index is 0.142. The van der Waals surface area contributed by atoms with Gasteiger partial charge in [0, 0.05) is 36.8 Å². The zero-order valence-corrected chi connectivity index (χ0v) is 17.3. The molecule has 0 bridgehead atoms. The second-order valence-corrected chi connectivity index (χ2v) is 8.73. The molecule has 0 saturated carbocycles. The highest BCUT2D eigenvalue weighted by atomic mass is 16.2. The molecule has 160 valence electrons. The maximum Gasteiger partial charge on any atom is 0.255 e. The Hall–Kier alpha value is -3.19. The van der Waals surface area contributed by atoms with Gasteiger partial charge in [-0.1, -0.05) is 18.2 Å². The number of benzene rings is 2. The number of hydrogen-bond donors (Lipinski definition) is 3. The molecule has 7 heteroatoms. The molecule has 31 heavy (non-hydrogen) atoms.